The molecule has 4 fully saturated rings. The molecule has 0 unspecified atom stereocenters. The van der Waals surface area contributed by atoms with Crippen molar-refractivity contribution in [2.24, 2.45) is 22.7 Å². The Morgan fingerprint density at radius 1 is 1.20 bits per heavy atom. The molecule has 0 amide bonds. The molecule has 4 aliphatic carbocycles. The van der Waals surface area contributed by atoms with Crippen LogP contribution in [0.2, 0.25) is 0 Å². The second-order valence-corrected chi connectivity index (χ2v) is 8.87. The number of nitrogens with zero attached hydrogens (tertiary/aromatic N) is 1. The fraction of sp³-hybridized carbons (Fsp3) is 0.591. The molecule has 25 heavy (non-hydrogen) atoms. The van der Waals surface area contributed by atoms with Crippen LogP contribution in [0.15, 0.2) is 46.4 Å². The summed E-state index contributed by atoms with van der Waals surface area (Å²) in [6, 6.07) is 4.17. The highest BCUT2D eigenvalue weighted by Crippen LogP contribution is 2.55. The van der Waals surface area contributed by atoms with E-state index in [0.29, 0.717) is 5.54 Å². The molecule has 3 heteroatoms. The fourth-order valence-corrected chi connectivity index (χ4v) is 6.39. The van der Waals surface area contributed by atoms with Crippen molar-refractivity contribution in [2.75, 3.05) is 0 Å². The Bertz CT molecular complexity index is 728. The molecule has 4 saturated carbocycles. The van der Waals surface area contributed by atoms with Crippen molar-refractivity contribution in [1.29, 1.82) is 0 Å². The SMILES string of the molecule is CCC1=C(C)/C(=C\NC23CC4CC(CC(C4)C2)C3)N=C1c1ccc[nH]1. The van der Waals surface area contributed by atoms with Crippen molar-refractivity contribution in [3.8, 4) is 0 Å². The lowest BCUT2D eigenvalue weighted by Gasteiger charge is -2.57. The molecular weight excluding hydrogens is 306 g/mol. The molecule has 6 rings (SSSR count). The Morgan fingerprint density at radius 3 is 2.44 bits per heavy atom. The molecule has 1 aromatic rings. The number of rotatable bonds is 4. The highest BCUT2D eigenvalue weighted by molar-refractivity contribution is 6.14. The standard InChI is InChI=1S/C22H29N3/c1-3-18-14(2)20(25-21(18)19-5-4-6-23-19)13-24-22-10-15-7-16(11-22)9-17(8-15)12-22/h4-6,13,15-17,23-24H,3,7-12H2,1-2H3/b20-13+. The lowest BCUT2D eigenvalue weighted by Crippen LogP contribution is -2.57. The minimum atomic E-state index is 0.360. The topological polar surface area (TPSA) is 40.2 Å². The van der Waals surface area contributed by atoms with Crippen LogP contribution in [0.1, 0.15) is 64.5 Å². The highest BCUT2D eigenvalue weighted by Gasteiger charge is 2.50. The number of aromatic amines is 1. The Balaban J connectivity index is 1.42. The van der Waals surface area contributed by atoms with Crippen LogP contribution in [-0.2, 0) is 0 Å². The number of allylic oxidation sites excluding steroid dienone is 2. The zero-order valence-electron chi connectivity index (χ0n) is 15.4. The zero-order valence-corrected chi connectivity index (χ0v) is 15.4. The molecule has 1 aliphatic heterocycles. The smallest absolute Gasteiger partial charge is 0.0907 e. The second-order valence-electron chi connectivity index (χ2n) is 8.87. The van der Waals surface area contributed by atoms with Crippen LogP contribution in [0.25, 0.3) is 0 Å². The predicted octanol–water partition coefficient (Wildman–Crippen LogP) is 4.94. The van der Waals surface area contributed by atoms with E-state index in [2.05, 4.69) is 42.5 Å². The molecular formula is C22H29N3. The van der Waals surface area contributed by atoms with Gasteiger partial charge in [0.15, 0.2) is 0 Å². The number of aliphatic imine (C=N–C) groups is 1. The molecule has 3 nitrogen and oxygen atoms in total. The van der Waals surface area contributed by atoms with Crippen molar-refractivity contribution in [3.63, 3.8) is 0 Å². The third-order valence-electron chi connectivity index (χ3n) is 7.11. The van der Waals surface area contributed by atoms with Gasteiger partial charge in [-0.15, -0.1) is 0 Å². The molecule has 0 radical (unpaired) electrons. The molecule has 0 spiro atoms. The van der Waals surface area contributed by atoms with Gasteiger partial charge in [-0.2, -0.15) is 0 Å². The summed E-state index contributed by atoms with van der Waals surface area (Å²) in [5.41, 5.74) is 6.47. The van der Waals surface area contributed by atoms with Crippen molar-refractivity contribution in [1.82, 2.24) is 10.3 Å². The summed E-state index contributed by atoms with van der Waals surface area (Å²) in [5.74, 6) is 2.92. The van der Waals surface area contributed by atoms with Crippen molar-refractivity contribution in [2.45, 2.75) is 64.3 Å². The first-order valence-electron chi connectivity index (χ1n) is 10.1. The van der Waals surface area contributed by atoms with Gasteiger partial charge < -0.3 is 10.3 Å². The van der Waals surface area contributed by atoms with Crippen LogP contribution in [-0.4, -0.2) is 16.2 Å². The predicted molar refractivity (Wildman–Crippen MR) is 102 cm³/mol. The van der Waals surface area contributed by atoms with Gasteiger partial charge >= 0.3 is 0 Å². The van der Waals surface area contributed by atoms with Crippen LogP contribution < -0.4 is 5.32 Å². The average molecular weight is 335 g/mol. The molecule has 5 aliphatic rings. The summed E-state index contributed by atoms with van der Waals surface area (Å²) < 4.78 is 0. The van der Waals surface area contributed by atoms with Crippen LogP contribution in [0.4, 0.5) is 0 Å². The van der Waals surface area contributed by atoms with Crippen molar-refractivity contribution < 1.29 is 0 Å². The van der Waals surface area contributed by atoms with Crippen LogP contribution in [0.3, 0.4) is 0 Å². The third-order valence-corrected chi connectivity index (χ3v) is 7.11. The largest absolute Gasteiger partial charge is 0.384 e. The van der Waals surface area contributed by atoms with Gasteiger partial charge in [-0.25, -0.2) is 4.99 Å². The van der Waals surface area contributed by atoms with Crippen LogP contribution in [0.5, 0.6) is 0 Å². The molecule has 4 bridgehead atoms. The Labute approximate surface area is 150 Å². The first-order chi connectivity index (χ1) is 12.2. The number of hydrogen-bond donors (Lipinski definition) is 2. The Morgan fingerprint density at radius 2 is 1.88 bits per heavy atom. The number of H-pyrrole nitrogens is 1. The first-order valence-corrected chi connectivity index (χ1v) is 10.1. The first kappa shape index (κ1) is 15.5. The molecule has 2 heterocycles. The number of nitrogens with one attached hydrogen (secondary N) is 2. The summed E-state index contributed by atoms with van der Waals surface area (Å²) in [5, 5.41) is 3.90. The van der Waals surface area contributed by atoms with E-state index < -0.39 is 0 Å². The van der Waals surface area contributed by atoms with E-state index in [4.69, 9.17) is 4.99 Å². The Hall–Kier alpha value is -1.77. The maximum Gasteiger partial charge on any atom is 0.0907 e. The summed E-state index contributed by atoms with van der Waals surface area (Å²) in [7, 11) is 0. The minimum absolute atomic E-state index is 0.360. The summed E-state index contributed by atoms with van der Waals surface area (Å²) in [6.07, 6.45) is 13.9. The van der Waals surface area contributed by atoms with E-state index in [1.54, 1.807) is 0 Å². The molecule has 0 aromatic carbocycles. The van der Waals surface area contributed by atoms with Gasteiger partial charge in [0.1, 0.15) is 0 Å². The lowest BCUT2D eigenvalue weighted by molar-refractivity contribution is -0.0130. The van der Waals surface area contributed by atoms with Gasteiger partial charge in [-0.3, -0.25) is 0 Å². The van der Waals surface area contributed by atoms with Gasteiger partial charge in [-0.1, -0.05) is 6.92 Å². The van der Waals surface area contributed by atoms with Crippen molar-refractivity contribution >= 4 is 5.71 Å². The van der Waals surface area contributed by atoms with E-state index in [0.717, 1.165) is 41.3 Å². The zero-order chi connectivity index (χ0) is 17.0. The molecule has 0 atom stereocenters. The third kappa shape index (κ3) is 2.51. The summed E-state index contributed by atoms with van der Waals surface area (Å²) in [4.78, 5) is 8.31. The van der Waals surface area contributed by atoms with E-state index in [-0.39, 0.29) is 0 Å². The number of hydrogen-bond acceptors (Lipinski definition) is 2. The quantitative estimate of drug-likeness (QED) is 0.803. The molecule has 1 aromatic heterocycles. The van der Waals surface area contributed by atoms with E-state index >= 15 is 0 Å². The monoisotopic (exact) mass is 335 g/mol. The molecule has 0 saturated heterocycles. The van der Waals surface area contributed by atoms with Gasteiger partial charge in [0, 0.05) is 17.9 Å². The van der Waals surface area contributed by atoms with Gasteiger partial charge in [-0.05, 0) is 92.9 Å². The van der Waals surface area contributed by atoms with Gasteiger partial charge in [0.25, 0.3) is 0 Å². The van der Waals surface area contributed by atoms with Crippen LogP contribution >= 0.6 is 0 Å². The van der Waals surface area contributed by atoms with Crippen molar-refractivity contribution in [3.05, 3.63) is 47.1 Å². The minimum Gasteiger partial charge on any atom is -0.384 e. The van der Waals surface area contributed by atoms with Gasteiger partial charge in [0.2, 0.25) is 0 Å². The molecule has 2 N–H and O–H groups in total. The van der Waals surface area contributed by atoms with Crippen LogP contribution in [0, 0.1) is 17.8 Å². The van der Waals surface area contributed by atoms with E-state index in [1.807, 2.05) is 6.20 Å². The lowest BCUT2D eigenvalue weighted by atomic mass is 9.53. The van der Waals surface area contributed by atoms with E-state index in [1.165, 1.54) is 49.7 Å². The highest BCUT2D eigenvalue weighted by atomic mass is 15.0. The Kier molecular flexibility index (Phi) is 3.48. The molecule has 132 valence electrons. The maximum atomic E-state index is 4.99. The van der Waals surface area contributed by atoms with E-state index in [9.17, 15) is 0 Å². The maximum absolute atomic E-state index is 4.99. The fourth-order valence-electron chi connectivity index (χ4n) is 6.39. The summed E-state index contributed by atoms with van der Waals surface area (Å²) >= 11 is 0. The normalized spacial score (nSPS) is 37.9. The average Bonchev–Trinajstić information content (AvgIpc) is 3.19. The summed E-state index contributed by atoms with van der Waals surface area (Å²) in [6.45, 7) is 4.46. The number of aromatic nitrogens is 1. The second kappa shape index (κ2) is 5.62. The van der Waals surface area contributed by atoms with Gasteiger partial charge in [0.05, 0.1) is 17.1 Å².